The van der Waals surface area contributed by atoms with Crippen LogP contribution in [0.1, 0.15) is 18.2 Å². The Morgan fingerprint density at radius 2 is 1.90 bits per heavy atom. The van der Waals surface area contributed by atoms with Gasteiger partial charge in [-0.25, -0.2) is 13.1 Å². The Morgan fingerprint density at radius 1 is 1.20 bits per heavy atom. The molecule has 0 amide bonds. The Kier molecular flexibility index (Phi) is 4.27. The van der Waals surface area contributed by atoms with Crippen molar-refractivity contribution < 1.29 is 17.9 Å². The zero-order chi connectivity index (χ0) is 14.6. The van der Waals surface area contributed by atoms with Crippen LogP contribution in [0.3, 0.4) is 0 Å². The van der Waals surface area contributed by atoms with Gasteiger partial charge in [0, 0.05) is 6.54 Å². The van der Waals surface area contributed by atoms with Gasteiger partial charge in [-0.15, -0.1) is 0 Å². The summed E-state index contributed by atoms with van der Waals surface area (Å²) in [5, 5.41) is 10.2. The Balaban J connectivity index is 1.99. The minimum atomic E-state index is -3.51. The summed E-state index contributed by atoms with van der Waals surface area (Å²) in [7, 11) is -3.51. The Labute approximate surface area is 118 Å². The van der Waals surface area contributed by atoms with E-state index >= 15 is 0 Å². The molecule has 2 N–H and O–H groups in total. The quantitative estimate of drug-likeness (QED) is 0.848. The predicted octanol–water partition coefficient (Wildman–Crippen LogP) is 1.61. The van der Waals surface area contributed by atoms with Crippen molar-refractivity contribution in [3.8, 4) is 0 Å². The van der Waals surface area contributed by atoms with Crippen LogP contribution < -0.4 is 4.72 Å². The first-order valence-electron chi connectivity index (χ1n) is 6.17. The van der Waals surface area contributed by atoms with Crippen LogP contribution in [-0.4, -0.2) is 20.1 Å². The number of hydrogen-bond acceptors (Lipinski definition) is 4. The molecule has 5 nitrogen and oxygen atoms in total. The van der Waals surface area contributed by atoms with Crippen LogP contribution in [0.5, 0.6) is 0 Å². The molecule has 1 aromatic carbocycles. The molecule has 0 fully saturated rings. The number of benzene rings is 1. The molecule has 1 heterocycles. The van der Waals surface area contributed by atoms with Crippen molar-refractivity contribution in [3.05, 3.63) is 60.1 Å². The molecule has 0 radical (unpaired) electrons. The molecular formula is C14H17NO4S. The Morgan fingerprint density at radius 3 is 2.50 bits per heavy atom. The smallest absolute Gasteiger partial charge is 0.215 e. The first-order chi connectivity index (χ1) is 9.39. The Bertz CT molecular complexity index is 633. The first kappa shape index (κ1) is 14.8. The van der Waals surface area contributed by atoms with E-state index in [1.165, 1.54) is 13.2 Å². The molecule has 1 aromatic heterocycles. The van der Waals surface area contributed by atoms with Gasteiger partial charge in [0.05, 0.1) is 12.0 Å². The third-order valence-corrected chi connectivity index (χ3v) is 4.19. The lowest BCUT2D eigenvalue weighted by Crippen LogP contribution is -2.38. The topological polar surface area (TPSA) is 79.5 Å². The lowest BCUT2D eigenvalue weighted by molar-refractivity contribution is 0.0395. The van der Waals surface area contributed by atoms with Crippen LogP contribution in [0, 0.1) is 0 Å². The second kappa shape index (κ2) is 5.78. The fraction of sp³-hybridized carbons (Fsp3) is 0.286. The molecule has 0 unspecified atom stereocenters. The highest BCUT2D eigenvalue weighted by atomic mass is 32.2. The van der Waals surface area contributed by atoms with Gasteiger partial charge in [-0.1, -0.05) is 30.3 Å². The third kappa shape index (κ3) is 3.93. The zero-order valence-electron chi connectivity index (χ0n) is 11.1. The van der Waals surface area contributed by atoms with Crippen molar-refractivity contribution in [2.24, 2.45) is 0 Å². The summed E-state index contributed by atoms with van der Waals surface area (Å²) in [4.78, 5) is 0. The highest BCUT2D eigenvalue weighted by Gasteiger charge is 2.28. The summed E-state index contributed by atoms with van der Waals surface area (Å²) in [6, 6.07) is 12.1. The van der Waals surface area contributed by atoms with Gasteiger partial charge in [0.15, 0.2) is 0 Å². The number of rotatable bonds is 6. The maximum Gasteiger partial charge on any atom is 0.215 e. The third-order valence-electron chi connectivity index (χ3n) is 2.89. The largest absolute Gasteiger partial charge is 0.466 e. The molecule has 0 aliphatic heterocycles. The molecule has 6 heteroatoms. The Hall–Kier alpha value is -1.63. The van der Waals surface area contributed by atoms with Gasteiger partial charge in [-0.3, -0.25) is 0 Å². The SMILES string of the molecule is C[C@](O)(CNS(=O)(=O)Cc1ccccc1)c1ccco1. The van der Waals surface area contributed by atoms with Gasteiger partial charge in [0.25, 0.3) is 0 Å². The molecule has 2 rings (SSSR count). The number of sulfonamides is 1. The van der Waals surface area contributed by atoms with E-state index in [9.17, 15) is 13.5 Å². The molecule has 0 saturated carbocycles. The molecule has 0 aliphatic rings. The van der Waals surface area contributed by atoms with Gasteiger partial charge in [-0.2, -0.15) is 0 Å². The summed E-state index contributed by atoms with van der Waals surface area (Å²) in [6.45, 7) is 1.35. The summed E-state index contributed by atoms with van der Waals surface area (Å²) >= 11 is 0. The lowest BCUT2D eigenvalue weighted by atomic mass is 10.1. The van der Waals surface area contributed by atoms with Crippen LogP contribution >= 0.6 is 0 Å². The molecule has 0 saturated heterocycles. The van der Waals surface area contributed by atoms with Crippen LogP contribution in [0.4, 0.5) is 0 Å². The van der Waals surface area contributed by atoms with Gasteiger partial charge >= 0.3 is 0 Å². The number of furan rings is 1. The van der Waals surface area contributed by atoms with E-state index in [2.05, 4.69) is 4.72 Å². The zero-order valence-corrected chi connectivity index (χ0v) is 11.9. The number of hydrogen-bond donors (Lipinski definition) is 2. The van der Waals surface area contributed by atoms with E-state index in [0.717, 1.165) is 0 Å². The maximum atomic E-state index is 12.0. The van der Waals surface area contributed by atoms with Gasteiger partial charge in [-0.05, 0) is 24.6 Å². The molecule has 20 heavy (non-hydrogen) atoms. The van der Waals surface area contributed by atoms with Crippen molar-refractivity contribution in [2.75, 3.05) is 6.54 Å². The first-order valence-corrected chi connectivity index (χ1v) is 7.82. The summed E-state index contributed by atoms with van der Waals surface area (Å²) in [6.07, 6.45) is 1.43. The molecular weight excluding hydrogens is 278 g/mol. The molecule has 1 atom stereocenters. The maximum absolute atomic E-state index is 12.0. The van der Waals surface area contributed by atoms with E-state index in [0.29, 0.717) is 11.3 Å². The molecule has 108 valence electrons. The van der Waals surface area contributed by atoms with Crippen molar-refractivity contribution in [1.82, 2.24) is 4.72 Å². The average molecular weight is 295 g/mol. The van der Waals surface area contributed by atoms with E-state index in [4.69, 9.17) is 4.42 Å². The predicted molar refractivity (Wildman–Crippen MR) is 75.3 cm³/mol. The van der Waals surface area contributed by atoms with E-state index < -0.39 is 15.6 Å². The average Bonchev–Trinajstić information content (AvgIpc) is 2.92. The van der Waals surface area contributed by atoms with Crippen LogP contribution in [0.15, 0.2) is 53.1 Å². The molecule has 2 aromatic rings. The second-order valence-electron chi connectivity index (χ2n) is 4.82. The van der Waals surface area contributed by atoms with Crippen molar-refractivity contribution in [2.45, 2.75) is 18.3 Å². The van der Waals surface area contributed by atoms with E-state index in [1.807, 2.05) is 6.07 Å². The highest BCUT2D eigenvalue weighted by molar-refractivity contribution is 7.88. The monoisotopic (exact) mass is 295 g/mol. The summed E-state index contributed by atoms with van der Waals surface area (Å²) < 4.78 is 31.4. The molecule has 0 bridgehead atoms. The molecule has 0 aliphatic carbocycles. The number of aliphatic hydroxyl groups is 1. The normalized spacial score (nSPS) is 14.9. The van der Waals surface area contributed by atoms with Crippen molar-refractivity contribution in [1.29, 1.82) is 0 Å². The second-order valence-corrected chi connectivity index (χ2v) is 6.62. The lowest BCUT2D eigenvalue weighted by Gasteiger charge is -2.21. The fourth-order valence-electron chi connectivity index (χ4n) is 1.77. The highest BCUT2D eigenvalue weighted by Crippen LogP contribution is 2.20. The van der Waals surface area contributed by atoms with Gasteiger partial charge < -0.3 is 9.52 Å². The van der Waals surface area contributed by atoms with Crippen LogP contribution in [-0.2, 0) is 21.4 Å². The fourth-order valence-corrected chi connectivity index (χ4v) is 3.00. The summed E-state index contributed by atoms with van der Waals surface area (Å²) in [5.74, 6) is 0.196. The minimum absolute atomic E-state index is 0.123. The van der Waals surface area contributed by atoms with Crippen LogP contribution in [0.2, 0.25) is 0 Å². The van der Waals surface area contributed by atoms with Crippen molar-refractivity contribution in [3.63, 3.8) is 0 Å². The van der Waals surface area contributed by atoms with Gasteiger partial charge in [0.2, 0.25) is 10.0 Å². The van der Waals surface area contributed by atoms with Crippen LogP contribution in [0.25, 0.3) is 0 Å². The van der Waals surface area contributed by atoms with E-state index in [1.54, 1.807) is 36.4 Å². The van der Waals surface area contributed by atoms with E-state index in [-0.39, 0.29) is 12.3 Å². The molecule has 0 spiro atoms. The minimum Gasteiger partial charge on any atom is -0.466 e. The summed E-state index contributed by atoms with van der Waals surface area (Å²) in [5.41, 5.74) is -0.689. The van der Waals surface area contributed by atoms with Gasteiger partial charge in [0.1, 0.15) is 11.4 Å². The standard InChI is InChI=1S/C14H17NO4S/c1-14(16,13-8-5-9-19-13)11-15-20(17,18)10-12-6-3-2-4-7-12/h2-9,15-16H,10-11H2,1H3/t14-/m0/s1. The van der Waals surface area contributed by atoms with Crippen molar-refractivity contribution >= 4 is 10.0 Å². The number of nitrogens with one attached hydrogen (secondary N) is 1.